The monoisotopic (exact) mass is 543 g/mol. The van der Waals surface area contributed by atoms with Crippen LogP contribution in [0.15, 0.2) is 16.6 Å². The first-order valence-corrected chi connectivity index (χ1v) is 16.2. The first kappa shape index (κ1) is 29.3. The normalized spacial score (nSPS) is 43.6. The van der Waals surface area contributed by atoms with Crippen molar-refractivity contribution in [2.24, 2.45) is 33.6 Å². The third kappa shape index (κ3) is 5.05. The number of aliphatic hydroxyl groups excluding tert-OH is 1. The highest BCUT2D eigenvalue weighted by atomic mass is 16.5. The number of rotatable bonds is 11. The summed E-state index contributed by atoms with van der Waals surface area (Å²) in [6.45, 7) is 5.64. The molecule has 0 amide bonds. The van der Waals surface area contributed by atoms with Gasteiger partial charge in [-0.15, -0.1) is 0 Å². The van der Waals surface area contributed by atoms with Crippen LogP contribution < -0.4 is 0 Å². The first-order chi connectivity index (χ1) is 18.7. The Morgan fingerprint density at radius 3 is 2.38 bits per heavy atom. The lowest BCUT2D eigenvalue weighted by Gasteiger charge is -2.65. The molecule has 1 aliphatic heterocycles. The topological polar surface area (TPSA) is 99.4 Å². The van der Waals surface area contributed by atoms with E-state index >= 15 is 0 Å². The summed E-state index contributed by atoms with van der Waals surface area (Å²) in [6.07, 6.45) is 20.1. The van der Waals surface area contributed by atoms with Crippen LogP contribution in [0.5, 0.6) is 0 Å². The Labute approximate surface area is 235 Å². The zero-order chi connectivity index (χ0) is 27.7. The van der Waals surface area contributed by atoms with Crippen LogP contribution in [0.4, 0.5) is 0 Å². The van der Waals surface area contributed by atoms with Gasteiger partial charge < -0.3 is 20.1 Å². The summed E-state index contributed by atoms with van der Waals surface area (Å²) in [5, 5.41) is 35.3. The fourth-order valence-corrected chi connectivity index (χ4v) is 9.93. The lowest BCUT2D eigenvalue weighted by Crippen LogP contribution is -2.68. The van der Waals surface area contributed by atoms with Crippen molar-refractivity contribution in [2.75, 3.05) is 13.2 Å². The molecular formula is C33H53NO5. The molecule has 6 heteroatoms. The number of hydrogen-bond donors (Lipinski definition) is 3. The number of aliphatic hydroxyl groups is 3. The SMILES string of the molecule is CCCCCCCCCCN=C[C@]12CC[C@H](O)C[C@]1(O)CC[C@@H]1[C@@H]2CC[C@@]2(C)[C@H](C3=CC(=O)OC3)CC[C@@]12O. The van der Waals surface area contributed by atoms with Crippen molar-refractivity contribution in [1.29, 1.82) is 0 Å². The molecule has 39 heavy (non-hydrogen) atoms. The predicted octanol–water partition coefficient (Wildman–Crippen LogP) is 5.91. The van der Waals surface area contributed by atoms with E-state index < -0.39 is 22.7 Å². The Morgan fingerprint density at radius 2 is 1.67 bits per heavy atom. The molecule has 4 saturated carbocycles. The fourth-order valence-electron chi connectivity index (χ4n) is 9.93. The third-order valence-electron chi connectivity index (χ3n) is 12.1. The Hall–Kier alpha value is -1.24. The average molecular weight is 544 g/mol. The molecule has 0 unspecified atom stereocenters. The van der Waals surface area contributed by atoms with Crippen molar-refractivity contribution in [1.82, 2.24) is 0 Å². The molecule has 0 spiro atoms. The number of cyclic esters (lactones) is 1. The zero-order valence-electron chi connectivity index (χ0n) is 24.5. The molecule has 6 nitrogen and oxygen atoms in total. The van der Waals surface area contributed by atoms with Crippen molar-refractivity contribution < 1.29 is 24.9 Å². The molecule has 1 heterocycles. The summed E-state index contributed by atoms with van der Waals surface area (Å²) in [5.74, 6) is 0.145. The highest BCUT2D eigenvalue weighted by Gasteiger charge is 2.71. The molecular weight excluding hydrogens is 490 g/mol. The van der Waals surface area contributed by atoms with Crippen LogP contribution in [0.1, 0.15) is 123 Å². The number of unbranched alkanes of at least 4 members (excludes halogenated alkanes) is 7. The van der Waals surface area contributed by atoms with Crippen molar-refractivity contribution in [2.45, 2.75) is 140 Å². The second-order valence-electron chi connectivity index (χ2n) is 14.0. The number of fused-ring (bicyclic) bond motifs is 5. The van der Waals surface area contributed by atoms with E-state index in [9.17, 15) is 20.1 Å². The van der Waals surface area contributed by atoms with Gasteiger partial charge in [0, 0.05) is 36.1 Å². The van der Waals surface area contributed by atoms with E-state index in [-0.39, 0.29) is 29.1 Å². The number of ether oxygens (including phenoxy) is 1. The lowest BCUT2D eigenvalue weighted by molar-refractivity contribution is -0.237. The standard InChI is InChI=1S/C33H53NO5/c1-3-4-5-6-7-8-9-10-19-34-23-31-16-11-25(35)21-32(31,37)17-13-28-27(31)12-15-30(2)26(14-18-33(28,30)38)24-20-29(36)39-22-24/h20,23,25-28,35,37-38H,3-19,21-22H2,1-2H3/t25-,26-,27-,28+,30-,31-,32+,33+/m0/s1. The Morgan fingerprint density at radius 1 is 0.949 bits per heavy atom. The largest absolute Gasteiger partial charge is 0.458 e. The molecule has 0 aromatic carbocycles. The van der Waals surface area contributed by atoms with Gasteiger partial charge in [0.25, 0.3) is 0 Å². The van der Waals surface area contributed by atoms with Crippen molar-refractivity contribution in [3.8, 4) is 0 Å². The number of esters is 1. The van der Waals surface area contributed by atoms with Gasteiger partial charge in [-0.2, -0.15) is 0 Å². The van der Waals surface area contributed by atoms with Gasteiger partial charge in [-0.1, -0.05) is 58.8 Å². The van der Waals surface area contributed by atoms with E-state index in [0.29, 0.717) is 25.9 Å². The maximum atomic E-state index is 12.5. The van der Waals surface area contributed by atoms with Crippen LogP contribution in [-0.4, -0.2) is 58.0 Å². The molecule has 5 rings (SSSR count). The molecule has 0 radical (unpaired) electrons. The third-order valence-corrected chi connectivity index (χ3v) is 12.1. The van der Waals surface area contributed by atoms with Crippen LogP contribution in [0, 0.1) is 28.6 Å². The van der Waals surface area contributed by atoms with Gasteiger partial charge in [-0.3, -0.25) is 4.99 Å². The molecule has 0 saturated heterocycles. The van der Waals surface area contributed by atoms with E-state index in [1.54, 1.807) is 6.08 Å². The number of carbonyl (C=O) groups excluding carboxylic acids is 1. The van der Waals surface area contributed by atoms with Crippen LogP contribution in [0.25, 0.3) is 0 Å². The van der Waals surface area contributed by atoms with Crippen LogP contribution in [-0.2, 0) is 9.53 Å². The fraction of sp³-hybridized carbons (Fsp3) is 0.879. The van der Waals surface area contributed by atoms with Gasteiger partial charge in [0.05, 0.1) is 17.3 Å². The maximum Gasteiger partial charge on any atom is 0.331 e. The maximum absolute atomic E-state index is 12.5. The molecule has 0 aromatic rings. The van der Waals surface area contributed by atoms with Crippen molar-refractivity contribution in [3.63, 3.8) is 0 Å². The summed E-state index contributed by atoms with van der Waals surface area (Å²) in [4.78, 5) is 16.8. The molecule has 4 fully saturated rings. The molecule has 3 N–H and O–H groups in total. The zero-order valence-corrected chi connectivity index (χ0v) is 24.5. The number of hydrogen-bond acceptors (Lipinski definition) is 6. The lowest BCUT2D eigenvalue weighted by atomic mass is 9.41. The summed E-state index contributed by atoms with van der Waals surface area (Å²) in [5.41, 5.74) is -1.54. The van der Waals surface area contributed by atoms with Gasteiger partial charge >= 0.3 is 5.97 Å². The van der Waals surface area contributed by atoms with Gasteiger partial charge in [0.1, 0.15) is 6.61 Å². The minimum Gasteiger partial charge on any atom is -0.458 e. The average Bonchev–Trinajstić information content (AvgIpc) is 3.45. The van der Waals surface area contributed by atoms with Crippen LogP contribution in [0.3, 0.4) is 0 Å². The van der Waals surface area contributed by atoms with Crippen LogP contribution in [0.2, 0.25) is 0 Å². The molecule has 5 aliphatic rings. The minimum absolute atomic E-state index is 0.0879. The highest BCUT2D eigenvalue weighted by molar-refractivity contribution is 5.85. The van der Waals surface area contributed by atoms with Crippen LogP contribution >= 0.6 is 0 Å². The number of nitrogens with zero attached hydrogens (tertiary/aromatic N) is 1. The second kappa shape index (κ2) is 11.6. The van der Waals surface area contributed by atoms with Gasteiger partial charge in [0.2, 0.25) is 0 Å². The van der Waals surface area contributed by atoms with E-state index in [4.69, 9.17) is 9.73 Å². The molecule has 8 atom stereocenters. The first-order valence-electron chi connectivity index (χ1n) is 16.2. The predicted molar refractivity (Wildman–Crippen MR) is 153 cm³/mol. The summed E-state index contributed by atoms with van der Waals surface area (Å²) in [6, 6.07) is 0. The Bertz CT molecular complexity index is 948. The number of aliphatic imine (C=N–C) groups is 1. The van der Waals surface area contributed by atoms with E-state index in [1.807, 2.05) is 0 Å². The molecule has 220 valence electrons. The van der Waals surface area contributed by atoms with Crippen molar-refractivity contribution >= 4 is 12.2 Å². The van der Waals surface area contributed by atoms with E-state index in [1.165, 1.54) is 44.9 Å². The summed E-state index contributed by atoms with van der Waals surface area (Å²) in [7, 11) is 0. The smallest absolute Gasteiger partial charge is 0.331 e. The van der Waals surface area contributed by atoms with E-state index in [0.717, 1.165) is 57.1 Å². The highest BCUT2D eigenvalue weighted by Crippen LogP contribution is 2.70. The van der Waals surface area contributed by atoms with Gasteiger partial charge in [-0.05, 0) is 81.1 Å². The van der Waals surface area contributed by atoms with Crippen molar-refractivity contribution in [3.05, 3.63) is 11.6 Å². The number of carbonyl (C=O) groups is 1. The minimum atomic E-state index is -0.967. The molecule has 4 aliphatic carbocycles. The van der Waals surface area contributed by atoms with E-state index in [2.05, 4.69) is 20.1 Å². The molecule has 0 aromatic heterocycles. The second-order valence-corrected chi connectivity index (χ2v) is 14.0. The summed E-state index contributed by atoms with van der Waals surface area (Å²) >= 11 is 0. The Kier molecular flexibility index (Phi) is 8.68. The Balaban J connectivity index is 1.31. The van der Waals surface area contributed by atoms with Gasteiger partial charge in [-0.25, -0.2) is 4.79 Å². The summed E-state index contributed by atoms with van der Waals surface area (Å²) < 4.78 is 5.27. The quantitative estimate of drug-likeness (QED) is 0.171. The van der Waals surface area contributed by atoms with Gasteiger partial charge in [0.15, 0.2) is 0 Å². The molecule has 0 bridgehead atoms.